The van der Waals surface area contributed by atoms with E-state index >= 15 is 0 Å². The van der Waals surface area contributed by atoms with Gasteiger partial charge in [-0.1, -0.05) is 12.1 Å². The molecule has 0 bridgehead atoms. The third kappa shape index (κ3) is 3.19. The predicted octanol–water partition coefficient (Wildman–Crippen LogP) is 1.10. The van der Waals surface area contributed by atoms with E-state index in [1.165, 1.54) is 12.8 Å². The maximum atomic E-state index is 8.63. The van der Waals surface area contributed by atoms with Crippen LogP contribution in [-0.2, 0) is 0 Å². The third-order valence-corrected chi connectivity index (χ3v) is 4.08. The average molecular weight is 277 g/mol. The van der Waals surface area contributed by atoms with Gasteiger partial charge in [0, 0.05) is 26.2 Å². The first-order chi connectivity index (χ1) is 9.65. The SMILES string of the molecule is CCN1CCC(N(C)c2ccc(/C(N)=N/O)nc2)CC1. The molecular weight excluding hydrogens is 254 g/mol. The van der Waals surface area contributed by atoms with Crippen molar-refractivity contribution in [1.82, 2.24) is 9.88 Å². The quantitative estimate of drug-likeness (QED) is 0.373. The summed E-state index contributed by atoms with van der Waals surface area (Å²) in [5.74, 6) is 0.0375. The van der Waals surface area contributed by atoms with Crippen LogP contribution in [0.4, 0.5) is 5.69 Å². The fourth-order valence-corrected chi connectivity index (χ4v) is 2.63. The molecule has 20 heavy (non-hydrogen) atoms. The van der Waals surface area contributed by atoms with Crippen molar-refractivity contribution in [3.63, 3.8) is 0 Å². The molecule has 0 spiro atoms. The van der Waals surface area contributed by atoms with Crippen molar-refractivity contribution in [3.05, 3.63) is 24.0 Å². The molecule has 0 aliphatic carbocycles. The van der Waals surface area contributed by atoms with Crippen molar-refractivity contribution in [2.45, 2.75) is 25.8 Å². The Balaban J connectivity index is 2.01. The Kier molecular flexibility index (Phi) is 4.79. The summed E-state index contributed by atoms with van der Waals surface area (Å²) in [5, 5.41) is 11.6. The van der Waals surface area contributed by atoms with Crippen LogP contribution in [0.25, 0.3) is 0 Å². The number of oxime groups is 1. The highest BCUT2D eigenvalue weighted by Crippen LogP contribution is 2.21. The summed E-state index contributed by atoms with van der Waals surface area (Å²) in [6, 6.07) is 4.29. The van der Waals surface area contributed by atoms with Gasteiger partial charge in [-0.05, 0) is 31.5 Å². The van der Waals surface area contributed by atoms with E-state index in [9.17, 15) is 0 Å². The van der Waals surface area contributed by atoms with E-state index in [2.05, 4.69) is 33.9 Å². The Labute approximate surface area is 119 Å². The van der Waals surface area contributed by atoms with Gasteiger partial charge in [0.2, 0.25) is 0 Å². The Morgan fingerprint density at radius 3 is 2.70 bits per heavy atom. The summed E-state index contributed by atoms with van der Waals surface area (Å²) < 4.78 is 0. The molecule has 2 heterocycles. The van der Waals surface area contributed by atoms with Gasteiger partial charge in [-0.25, -0.2) is 0 Å². The lowest BCUT2D eigenvalue weighted by Gasteiger charge is -2.37. The van der Waals surface area contributed by atoms with E-state index in [1.54, 1.807) is 12.3 Å². The molecule has 1 saturated heterocycles. The molecule has 3 N–H and O–H groups in total. The molecule has 6 heteroatoms. The highest BCUT2D eigenvalue weighted by molar-refractivity contribution is 5.95. The van der Waals surface area contributed by atoms with Gasteiger partial charge in [-0.2, -0.15) is 0 Å². The Morgan fingerprint density at radius 1 is 1.50 bits per heavy atom. The topological polar surface area (TPSA) is 78.0 Å². The van der Waals surface area contributed by atoms with Crippen LogP contribution < -0.4 is 10.6 Å². The number of pyridine rings is 1. The van der Waals surface area contributed by atoms with Crippen molar-refractivity contribution in [2.75, 3.05) is 31.6 Å². The van der Waals surface area contributed by atoms with E-state index in [1.807, 2.05) is 6.07 Å². The van der Waals surface area contributed by atoms with Crippen LogP contribution in [0.15, 0.2) is 23.5 Å². The predicted molar refractivity (Wildman–Crippen MR) is 80.3 cm³/mol. The Hall–Kier alpha value is -1.82. The monoisotopic (exact) mass is 277 g/mol. The molecule has 2 rings (SSSR count). The van der Waals surface area contributed by atoms with E-state index in [0.717, 1.165) is 25.3 Å². The first-order valence-electron chi connectivity index (χ1n) is 7.04. The number of nitrogens with two attached hydrogens (primary N) is 1. The van der Waals surface area contributed by atoms with Gasteiger partial charge in [-0.15, -0.1) is 0 Å². The van der Waals surface area contributed by atoms with Crippen molar-refractivity contribution in [2.24, 2.45) is 10.9 Å². The highest BCUT2D eigenvalue weighted by atomic mass is 16.4. The number of piperidine rings is 1. The molecule has 0 amide bonds. The second kappa shape index (κ2) is 6.56. The molecular formula is C14H23N5O. The highest BCUT2D eigenvalue weighted by Gasteiger charge is 2.22. The molecule has 1 aliphatic rings. The summed E-state index contributed by atoms with van der Waals surface area (Å²) in [5.41, 5.74) is 7.07. The summed E-state index contributed by atoms with van der Waals surface area (Å²) >= 11 is 0. The lowest BCUT2D eigenvalue weighted by molar-refractivity contribution is 0.221. The maximum Gasteiger partial charge on any atom is 0.188 e. The molecule has 0 unspecified atom stereocenters. The number of hydrogen-bond acceptors (Lipinski definition) is 5. The summed E-state index contributed by atoms with van der Waals surface area (Å²) in [7, 11) is 2.10. The van der Waals surface area contributed by atoms with E-state index < -0.39 is 0 Å². The summed E-state index contributed by atoms with van der Waals surface area (Å²) in [6.07, 6.45) is 4.12. The van der Waals surface area contributed by atoms with E-state index in [4.69, 9.17) is 10.9 Å². The Bertz CT molecular complexity index is 451. The van der Waals surface area contributed by atoms with E-state index in [0.29, 0.717) is 11.7 Å². The van der Waals surface area contributed by atoms with Gasteiger partial charge in [0.05, 0.1) is 11.9 Å². The fraction of sp³-hybridized carbons (Fsp3) is 0.571. The minimum atomic E-state index is 0.0375. The first-order valence-corrected chi connectivity index (χ1v) is 7.04. The lowest BCUT2D eigenvalue weighted by atomic mass is 10.0. The van der Waals surface area contributed by atoms with Crippen LogP contribution in [0.1, 0.15) is 25.5 Å². The van der Waals surface area contributed by atoms with Crippen LogP contribution >= 0.6 is 0 Å². The smallest absolute Gasteiger partial charge is 0.188 e. The fourth-order valence-electron chi connectivity index (χ4n) is 2.63. The molecule has 0 aromatic carbocycles. The minimum Gasteiger partial charge on any atom is -0.409 e. The van der Waals surface area contributed by atoms with Gasteiger partial charge in [-0.3, -0.25) is 4.98 Å². The van der Waals surface area contributed by atoms with Crippen molar-refractivity contribution in [3.8, 4) is 0 Å². The Morgan fingerprint density at radius 2 is 2.20 bits per heavy atom. The molecule has 0 saturated carbocycles. The number of amidine groups is 1. The summed E-state index contributed by atoms with van der Waals surface area (Å²) in [4.78, 5) is 8.98. The van der Waals surface area contributed by atoms with Gasteiger partial charge in [0.1, 0.15) is 5.69 Å². The molecule has 110 valence electrons. The zero-order valence-corrected chi connectivity index (χ0v) is 12.2. The van der Waals surface area contributed by atoms with Crippen molar-refractivity contribution in [1.29, 1.82) is 0 Å². The molecule has 1 aliphatic heterocycles. The van der Waals surface area contributed by atoms with Crippen LogP contribution in [0.3, 0.4) is 0 Å². The van der Waals surface area contributed by atoms with Crippen molar-refractivity contribution >= 4 is 11.5 Å². The molecule has 1 fully saturated rings. The van der Waals surface area contributed by atoms with E-state index in [-0.39, 0.29) is 5.84 Å². The second-order valence-corrected chi connectivity index (χ2v) is 5.16. The molecule has 1 aromatic rings. The minimum absolute atomic E-state index is 0.0375. The maximum absolute atomic E-state index is 8.63. The first kappa shape index (κ1) is 14.6. The third-order valence-electron chi connectivity index (χ3n) is 4.08. The number of rotatable bonds is 4. The van der Waals surface area contributed by atoms with Crippen LogP contribution in [0.2, 0.25) is 0 Å². The second-order valence-electron chi connectivity index (χ2n) is 5.16. The van der Waals surface area contributed by atoms with Gasteiger partial charge in [0.25, 0.3) is 0 Å². The molecule has 0 radical (unpaired) electrons. The summed E-state index contributed by atoms with van der Waals surface area (Å²) in [6.45, 7) is 5.65. The number of likely N-dealkylation sites (tertiary alicyclic amines) is 1. The van der Waals surface area contributed by atoms with Crippen LogP contribution in [0.5, 0.6) is 0 Å². The van der Waals surface area contributed by atoms with Crippen LogP contribution in [0, 0.1) is 0 Å². The van der Waals surface area contributed by atoms with Crippen molar-refractivity contribution < 1.29 is 5.21 Å². The zero-order chi connectivity index (χ0) is 14.5. The zero-order valence-electron chi connectivity index (χ0n) is 12.2. The number of anilines is 1. The lowest BCUT2D eigenvalue weighted by Crippen LogP contribution is -2.43. The number of hydrogen-bond donors (Lipinski definition) is 2. The van der Waals surface area contributed by atoms with Gasteiger partial charge < -0.3 is 20.7 Å². The van der Waals surface area contributed by atoms with Crippen LogP contribution in [-0.4, -0.2) is 53.7 Å². The van der Waals surface area contributed by atoms with Gasteiger partial charge in [0.15, 0.2) is 5.84 Å². The average Bonchev–Trinajstić information content (AvgIpc) is 2.53. The molecule has 1 aromatic heterocycles. The standard InChI is InChI=1S/C14H23N5O/c1-3-19-8-6-11(7-9-19)18(2)12-4-5-13(16-10-12)14(15)17-20/h4-5,10-11,20H,3,6-9H2,1-2H3,(H2,15,17). The van der Waals surface area contributed by atoms with Gasteiger partial charge >= 0.3 is 0 Å². The largest absolute Gasteiger partial charge is 0.409 e. The molecule has 6 nitrogen and oxygen atoms in total. The normalized spacial score (nSPS) is 18.2. The number of nitrogens with zero attached hydrogens (tertiary/aromatic N) is 4. The number of aromatic nitrogens is 1. The molecule has 0 atom stereocenters.